The third-order valence-electron chi connectivity index (χ3n) is 5.17. The number of carbonyl (C=O) groups is 1. The van der Waals surface area contributed by atoms with Gasteiger partial charge in [0.1, 0.15) is 10.8 Å². The number of benzene rings is 1. The molecule has 0 amide bonds. The molecule has 3 aromatic rings. The Bertz CT molecular complexity index is 995. The zero-order valence-corrected chi connectivity index (χ0v) is 17.9. The summed E-state index contributed by atoms with van der Waals surface area (Å²) < 4.78 is 0. The number of ketones is 1. The number of aromatic nitrogens is 3. The number of nitrogens with two attached hydrogens (primary N) is 1. The maximum absolute atomic E-state index is 11.2. The van der Waals surface area contributed by atoms with E-state index in [0.717, 1.165) is 66.1 Å². The molecular formula is C22H26N6OS. The molecule has 7 nitrogen and oxygen atoms in total. The van der Waals surface area contributed by atoms with Gasteiger partial charge in [0.2, 0.25) is 5.95 Å². The van der Waals surface area contributed by atoms with E-state index in [1.807, 2.05) is 24.5 Å². The summed E-state index contributed by atoms with van der Waals surface area (Å²) in [6.45, 7) is 6.58. The van der Waals surface area contributed by atoms with Crippen LogP contribution >= 0.6 is 11.3 Å². The molecule has 0 saturated carbocycles. The zero-order chi connectivity index (χ0) is 20.9. The number of carbonyl (C=O) groups excluding carboxylic acids is 1. The zero-order valence-electron chi connectivity index (χ0n) is 17.1. The number of piperazine rings is 1. The molecule has 0 spiro atoms. The minimum absolute atomic E-state index is 0.155. The predicted octanol–water partition coefficient (Wildman–Crippen LogP) is 2.51. The summed E-state index contributed by atoms with van der Waals surface area (Å²) in [5, 5.41) is 2.97. The van der Waals surface area contributed by atoms with Crippen molar-refractivity contribution in [2.24, 2.45) is 5.73 Å². The normalized spacial score (nSPS) is 14.8. The van der Waals surface area contributed by atoms with Crippen LogP contribution in [-0.2, 0) is 24.3 Å². The Hall–Kier alpha value is -2.68. The van der Waals surface area contributed by atoms with Gasteiger partial charge in [-0.1, -0.05) is 18.2 Å². The fourth-order valence-electron chi connectivity index (χ4n) is 3.56. The van der Waals surface area contributed by atoms with Gasteiger partial charge in [0.25, 0.3) is 0 Å². The van der Waals surface area contributed by atoms with Crippen LogP contribution in [0.25, 0.3) is 11.1 Å². The van der Waals surface area contributed by atoms with Gasteiger partial charge in [-0.15, -0.1) is 11.3 Å². The van der Waals surface area contributed by atoms with Crippen LogP contribution in [-0.4, -0.2) is 51.8 Å². The number of thiazole rings is 1. The van der Waals surface area contributed by atoms with Crippen LogP contribution in [0.15, 0.2) is 42.0 Å². The Balaban J connectivity index is 1.32. The number of hydrogen-bond acceptors (Lipinski definition) is 8. The summed E-state index contributed by atoms with van der Waals surface area (Å²) in [5.41, 5.74) is 9.97. The van der Waals surface area contributed by atoms with Gasteiger partial charge in [0.05, 0.1) is 12.1 Å². The molecule has 0 bridgehead atoms. The van der Waals surface area contributed by atoms with Crippen molar-refractivity contribution in [1.29, 1.82) is 0 Å². The van der Waals surface area contributed by atoms with Crippen LogP contribution < -0.4 is 10.6 Å². The summed E-state index contributed by atoms with van der Waals surface area (Å²) in [6.07, 6.45) is 4.20. The molecule has 156 valence electrons. The van der Waals surface area contributed by atoms with Gasteiger partial charge in [0.15, 0.2) is 0 Å². The summed E-state index contributed by atoms with van der Waals surface area (Å²) in [6, 6.07) is 8.16. The van der Waals surface area contributed by atoms with E-state index in [2.05, 4.69) is 42.3 Å². The lowest BCUT2D eigenvalue weighted by Gasteiger charge is -2.34. The molecule has 4 rings (SSSR count). The monoisotopic (exact) mass is 422 g/mol. The molecule has 2 N–H and O–H groups in total. The van der Waals surface area contributed by atoms with E-state index >= 15 is 0 Å². The third-order valence-corrected chi connectivity index (χ3v) is 6.07. The molecular weight excluding hydrogens is 396 g/mol. The third kappa shape index (κ3) is 5.08. The van der Waals surface area contributed by atoms with E-state index in [1.165, 1.54) is 0 Å². The van der Waals surface area contributed by atoms with Crippen molar-refractivity contribution < 1.29 is 4.79 Å². The number of nitrogens with zero attached hydrogens (tertiary/aromatic N) is 5. The Morgan fingerprint density at radius 2 is 1.90 bits per heavy atom. The summed E-state index contributed by atoms with van der Waals surface area (Å²) in [5.74, 6) is 0.924. The first kappa shape index (κ1) is 20.6. The second-order valence-corrected chi connectivity index (χ2v) is 8.49. The van der Waals surface area contributed by atoms with Gasteiger partial charge in [-0.05, 0) is 24.1 Å². The summed E-state index contributed by atoms with van der Waals surface area (Å²) in [4.78, 5) is 29.6. The molecule has 1 aliphatic rings. The van der Waals surface area contributed by atoms with Gasteiger partial charge in [0, 0.05) is 62.6 Å². The van der Waals surface area contributed by atoms with Crippen molar-refractivity contribution in [3.63, 3.8) is 0 Å². The molecule has 0 unspecified atom stereocenters. The van der Waals surface area contributed by atoms with Gasteiger partial charge in [-0.3, -0.25) is 9.69 Å². The first-order valence-corrected chi connectivity index (χ1v) is 11.0. The van der Waals surface area contributed by atoms with Crippen molar-refractivity contribution >= 4 is 23.1 Å². The highest BCUT2D eigenvalue weighted by Crippen LogP contribution is 2.21. The average Bonchev–Trinajstić information content (AvgIpc) is 3.20. The minimum Gasteiger partial charge on any atom is -0.338 e. The Morgan fingerprint density at radius 1 is 1.13 bits per heavy atom. The first-order chi connectivity index (χ1) is 14.6. The highest BCUT2D eigenvalue weighted by atomic mass is 32.1. The molecule has 0 aliphatic carbocycles. The average molecular weight is 423 g/mol. The number of anilines is 1. The van der Waals surface area contributed by atoms with E-state index in [-0.39, 0.29) is 5.78 Å². The van der Waals surface area contributed by atoms with Crippen molar-refractivity contribution in [2.75, 3.05) is 31.1 Å². The van der Waals surface area contributed by atoms with Crippen LogP contribution in [0.5, 0.6) is 0 Å². The molecule has 3 heterocycles. The van der Waals surface area contributed by atoms with Crippen LogP contribution in [0.2, 0.25) is 0 Å². The van der Waals surface area contributed by atoms with Crippen molar-refractivity contribution in [1.82, 2.24) is 19.9 Å². The SMILES string of the molecule is CC(=O)Cc1nc(CN2CCN(c3ncc(-c4cccc(CN)c4)cn3)CC2)cs1. The predicted molar refractivity (Wildman–Crippen MR) is 119 cm³/mol. The second-order valence-electron chi connectivity index (χ2n) is 7.55. The fourth-order valence-corrected chi connectivity index (χ4v) is 4.42. The van der Waals surface area contributed by atoms with Crippen LogP contribution in [0.4, 0.5) is 5.95 Å². The molecule has 0 radical (unpaired) electrons. The molecule has 30 heavy (non-hydrogen) atoms. The second kappa shape index (κ2) is 9.42. The number of hydrogen-bond donors (Lipinski definition) is 1. The fraction of sp³-hybridized carbons (Fsp3) is 0.364. The van der Waals surface area contributed by atoms with E-state index in [4.69, 9.17) is 5.73 Å². The lowest BCUT2D eigenvalue weighted by molar-refractivity contribution is -0.116. The van der Waals surface area contributed by atoms with Gasteiger partial charge in [-0.2, -0.15) is 0 Å². The van der Waals surface area contributed by atoms with Crippen molar-refractivity contribution in [2.45, 2.75) is 26.4 Å². The van der Waals surface area contributed by atoms with E-state index in [1.54, 1.807) is 18.3 Å². The van der Waals surface area contributed by atoms with Gasteiger partial charge < -0.3 is 10.6 Å². The smallest absolute Gasteiger partial charge is 0.225 e. The number of rotatable bonds is 7. The number of Topliss-reactive ketones (excluding diaryl/α,β-unsaturated/α-hetero) is 1. The first-order valence-electron chi connectivity index (χ1n) is 10.1. The molecule has 1 aromatic carbocycles. The molecule has 1 fully saturated rings. The van der Waals surface area contributed by atoms with E-state index < -0.39 is 0 Å². The minimum atomic E-state index is 0.155. The van der Waals surface area contributed by atoms with Crippen molar-refractivity contribution in [3.05, 3.63) is 58.3 Å². The highest BCUT2D eigenvalue weighted by molar-refractivity contribution is 7.09. The lowest BCUT2D eigenvalue weighted by atomic mass is 10.1. The highest BCUT2D eigenvalue weighted by Gasteiger charge is 2.20. The van der Waals surface area contributed by atoms with Gasteiger partial charge >= 0.3 is 0 Å². The lowest BCUT2D eigenvalue weighted by Crippen LogP contribution is -2.46. The van der Waals surface area contributed by atoms with Crippen LogP contribution in [0.3, 0.4) is 0 Å². The Labute approximate surface area is 180 Å². The van der Waals surface area contributed by atoms with Crippen molar-refractivity contribution in [3.8, 4) is 11.1 Å². The van der Waals surface area contributed by atoms with Crippen LogP contribution in [0.1, 0.15) is 23.2 Å². The van der Waals surface area contributed by atoms with E-state index in [0.29, 0.717) is 13.0 Å². The van der Waals surface area contributed by atoms with E-state index in [9.17, 15) is 4.79 Å². The molecule has 0 atom stereocenters. The van der Waals surface area contributed by atoms with Crippen LogP contribution in [0, 0.1) is 0 Å². The topological polar surface area (TPSA) is 88.2 Å². The largest absolute Gasteiger partial charge is 0.338 e. The molecule has 1 saturated heterocycles. The molecule has 2 aromatic heterocycles. The summed E-state index contributed by atoms with van der Waals surface area (Å²) >= 11 is 1.57. The summed E-state index contributed by atoms with van der Waals surface area (Å²) in [7, 11) is 0. The molecule has 8 heteroatoms. The Morgan fingerprint density at radius 3 is 2.60 bits per heavy atom. The quantitative estimate of drug-likeness (QED) is 0.626. The maximum Gasteiger partial charge on any atom is 0.225 e. The standard InChI is InChI=1S/C22H26N6OS/c1-16(29)9-21-26-20(15-30-21)14-27-5-7-28(8-6-27)22-24-12-19(13-25-22)18-4-2-3-17(10-18)11-23/h2-4,10,12-13,15H,5-9,11,14,23H2,1H3. The van der Waals surface area contributed by atoms with Gasteiger partial charge in [-0.25, -0.2) is 15.0 Å². The molecule has 1 aliphatic heterocycles. The maximum atomic E-state index is 11.2. The Kier molecular flexibility index (Phi) is 6.47.